The van der Waals surface area contributed by atoms with Crippen LogP contribution in [-0.2, 0) is 9.53 Å². The van der Waals surface area contributed by atoms with Crippen molar-refractivity contribution in [2.24, 2.45) is 4.99 Å². The molecule has 0 aromatic rings. The number of carbonyl (C=O) groups excluding carboxylic acids is 2. The zero-order valence-corrected chi connectivity index (χ0v) is 11.9. The summed E-state index contributed by atoms with van der Waals surface area (Å²) in [5.41, 5.74) is -1.34. The van der Waals surface area contributed by atoms with E-state index in [0.717, 1.165) is 6.42 Å². The zero-order chi connectivity index (χ0) is 14.3. The Kier molecular flexibility index (Phi) is 3.28. The fraction of sp³-hybridized carbons (Fsp3) is 0.769. The standard InChI is InChI=1S/C13H21N3O3/c1-9-14-10(17)13(15-9)6-5-7-16(8-13)11(18)19-12(2,3)4/h5-8H2,1-4H3,(H,14,15,17). The number of nitrogens with one attached hydrogen (secondary N) is 1. The first-order valence-electron chi connectivity index (χ1n) is 6.58. The molecule has 1 spiro atoms. The molecule has 2 aliphatic rings. The fourth-order valence-corrected chi connectivity index (χ4v) is 2.48. The molecule has 1 fully saturated rings. The van der Waals surface area contributed by atoms with Crippen LogP contribution < -0.4 is 5.32 Å². The van der Waals surface area contributed by atoms with Crippen LogP contribution in [0, 0.1) is 0 Å². The molecule has 1 saturated heterocycles. The van der Waals surface area contributed by atoms with Crippen molar-refractivity contribution in [3.8, 4) is 0 Å². The Morgan fingerprint density at radius 2 is 2.16 bits per heavy atom. The molecule has 0 saturated carbocycles. The highest BCUT2D eigenvalue weighted by Crippen LogP contribution is 2.29. The summed E-state index contributed by atoms with van der Waals surface area (Å²) in [7, 11) is 0. The third-order valence-electron chi connectivity index (χ3n) is 3.22. The van der Waals surface area contributed by atoms with Gasteiger partial charge in [0.2, 0.25) is 0 Å². The van der Waals surface area contributed by atoms with E-state index in [2.05, 4.69) is 10.3 Å². The van der Waals surface area contributed by atoms with Gasteiger partial charge >= 0.3 is 6.09 Å². The number of amidine groups is 1. The van der Waals surface area contributed by atoms with Crippen LogP contribution in [0.25, 0.3) is 0 Å². The molecule has 0 radical (unpaired) electrons. The highest BCUT2D eigenvalue weighted by molar-refractivity contribution is 6.07. The summed E-state index contributed by atoms with van der Waals surface area (Å²) in [6.07, 6.45) is 1.05. The Morgan fingerprint density at radius 3 is 2.68 bits per heavy atom. The molecule has 1 atom stereocenters. The molecule has 1 N–H and O–H groups in total. The molecule has 0 aromatic heterocycles. The zero-order valence-electron chi connectivity index (χ0n) is 11.9. The number of amides is 2. The van der Waals surface area contributed by atoms with Crippen molar-refractivity contribution in [3.63, 3.8) is 0 Å². The van der Waals surface area contributed by atoms with E-state index >= 15 is 0 Å². The van der Waals surface area contributed by atoms with Crippen molar-refractivity contribution >= 4 is 17.8 Å². The summed E-state index contributed by atoms with van der Waals surface area (Å²) in [6.45, 7) is 8.16. The number of aliphatic imine (C=N–C) groups is 1. The Labute approximate surface area is 113 Å². The lowest BCUT2D eigenvalue weighted by Crippen LogP contribution is -2.54. The van der Waals surface area contributed by atoms with Crippen LogP contribution in [0.2, 0.25) is 0 Å². The summed E-state index contributed by atoms with van der Waals surface area (Å²) in [5.74, 6) is 0.509. The maximum absolute atomic E-state index is 12.1. The average molecular weight is 267 g/mol. The highest BCUT2D eigenvalue weighted by atomic mass is 16.6. The molecule has 2 rings (SSSR count). The van der Waals surface area contributed by atoms with Crippen molar-refractivity contribution < 1.29 is 14.3 Å². The van der Waals surface area contributed by atoms with E-state index in [1.165, 1.54) is 0 Å². The van der Waals surface area contributed by atoms with Gasteiger partial charge in [0.15, 0.2) is 5.54 Å². The molecule has 1 unspecified atom stereocenters. The molecule has 6 nitrogen and oxygen atoms in total. The van der Waals surface area contributed by atoms with E-state index in [1.807, 2.05) is 20.8 Å². The molecular weight excluding hydrogens is 246 g/mol. The second kappa shape index (κ2) is 4.51. The number of ether oxygens (including phenoxy) is 1. The predicted molar refractivity (Wildman–Crippen MR) is 71.0 cm³/mol. The van der Waals surface area contributed by atoms with Crippen LogP contribution in [0.1, 0.15) is 40.5 Å². The van der Waals surface area contributed by atoms with E-state index in [0.29, 0.717) is 25.3 Å². The molecule has 2 heterocycles. The number of likely N-dealkylation sites (tertiary alicyclic amines) is 1. The Bertz CT molecular complexity index is 439. The fourth-order valence-electron chi connectivity index (χ4n) is 2.48. The molecule has 2 aliphatic heterocycles. The van der Waals surface area contributed by atoms with Gasteiger partial charge in [0.1, 0.15) is 11.4 Å². The maximum Gasteiger partial charge on any atom is 0.410 e. The Hall–Kier alpha value is -1.59. The first-order chi connectivity index (χ1) is 8.72. The third kappa shape index (κ3) is 2.88. The lowest BCUT2D eigenvalue weighted by Gasteiger charge is -2.37. The second-order valence-electron chi connectivity index (χ2n) is 6.19. The lowest BCUT2D eigenvalue weighted by atomic mass is 9.89. The largest absolute Gasteiger partial charge is 0.444 e. The number of hydrogen-bond donors (Lipinski definition) is 1. The molecule has 106 valence electrons. The van der Waals surface area contributed by atoms with Crippen LogP contribution in [-0.4, -0.2) is 47.0 Å². The van der Waals surface area contributed by atoms with Crippen LogP contribution in [0.3, 0.4) is 0 Å². The van der Waals surface area contributed by atoms with Gasteiger partial charge in [-0.25, -0.2) is 4.79 Å². The van der Waals surface area contributed by atoms with E-state index in [9.17, 15) is 9.59 Å². The summed E-state index contributed by atoms with van der Waals surface area (Å²) >= 11 is 0. The molecule has 2 amide bonds. The Balaban J connectivity index is 2.10. The summed E-state index contributed by atoms with van der Waals surface area (Å²) < 4.78 is 5.35. The van der Waals surface area contributed by atoms with Crippen molar-refractivity contribution in [3.05, 3.63) is 0 Å². The maximum atomic E-state index is 12.1. The molecule has 0 aromatic carbocycles. The normalized spacial score (nSPS) is 27.3. The first kappa shape index (κ1) is 13.8. The van der Waals surface area contributed by atoms with E-state index in [1.54, 1.807) is 11.8 Å². The number of piperidine rings is 1. The number of nitrogens with zero attached hydrogens (tertiary/aromatic N) is 2. The smallest absolute Gasteiger partial charge is 0.410 e. The van der Waals surface area contributed by atoms with Gasteiger partial charge in [-0.05, 0) is 40.5 Å². The van der Waals surface area contributed by atoms with Crippen LogP contribution in [0.4, 0.5) is 4.79 Å². The van der Waals surface area contributed by atoms with Crippen molar-refractivity contribution in [2.45, 2.75) is 51.7 Å². The van der Waals surface area contributed by atoms with Gasteiger partial charge in [-0.1, -0.05) is 0 Å². The van der Waals surface area contributed by atoms with Gasteiger partial charge in [-0.2, -0.15) is 0 Å². The van der Waals surface area contributed by atoms with E-state index < -0.39 is 11.1 Å². The topological polar surface area (TPSA) is 71.0 Å². The van der Waals surface area contributed by atoms with Gasteiger partial charge in [-0.3, -0.25) is 9.79 Å². The van der Waals surface area contributed by atoms with Gasteiger partial charge in [-0.15, -0.1) is 0 Å². The minimum atomic E-state index is -0.806. The van der Waals surface area contributed by atoms with Gasteiger partial charge < -0.3 is 15.0 Å². The van der Waals surface area contributed by atoms with Crippen LogP contribution >= 0.6 is 0 Å². The molecule has 19 heavy (non-hydrogen) atoms. The summed E-state index contributed by atoms with van der Waals surface area (Å²) in [4.78, 5) is 30.1. The van der Waals surface area contributed by atoms with Crippen molar-refractivity contribution in [1.82, 2.24) is 10.2 Å². The van der Waals surface area contributed by atoms with Gasteiger partial charge in [0.05, 0.1) is 6.54 Å². The molecule has 6 heteroatoms. The van der Waals surface area contributed by atoms with Gasteiger partial charge in [0, 0.05) is 6.54 Å². The molecular formula is C13H21N3O3. The summed E-state index contributed by atoms with van der Waals surface area (Å²) in [5, 5.41) is 2.72. The number of carbonyl (C=O) groups is 2. The quantitative estimate of drug-likeness (QED) is 0.719. The third-order valence-corrected chi connectivity index (χ3v) is 3.22. The van der Waals surface area contributed by atoms with Crippen LogP contribution in [0.5, 0.6) is 0 Å². The second-order valence-corrected chi connectivity index (χ2v) is 6.19. The number of hydrogen-bond acceptors (Lipinski definition) is 4. The molecule has 0 aliphatic carbocycles. The van der Waals surface area contributed by atoms with Crippen molar-refractivity contribution in [1.29, 1.82) is 0 Å². The Morgan fingerprint density at radius 1 is 1.47 bits per heavy atom. The minimum Gasteiger partial charge on any atom is -0.444 e. The van der Waals surface area contributed by atoms with E-state index in [-0.39, 0.29) is 12.0 Å². The first-order valence-corrected chi connectivity index (χ1v) is 6.58. The number of rotatable bonds is 0. The lowest BCUT2D eigenvalue weighted by molar-refractivity contribution is -0.125. The van der Waals surface area contributed by atoms with E-state index in [4.69, 9.17) is 4.74 Å². The monoisotopic (exact) mass is 267 g/mol. The van der Waals surface area contributed by atoms with Gasteiger partial charge in [0.25, 0.3) is 5.91 Å². The highest BCUT2D eigenvalue weighted by Gasteiger charge is 2.47. The van der Waals surface area contributed by atoms with Crippen molar-refractivity contribution in [2.75, 3.05) is 13.1 Å². The molecule has 0 bridgehead atoms. The summed E-state index contributed by atoms with van der Waals surface area (Å²) in [6, 6.07) is 0. The SMILES string of the molecule is CC1=NC2(CCCN(C(=O)OC(C)(C)C)C2)C(=O)N1. The van der Waals surface area contributed by atoms with Crippen LogP contribution in [0.15, 0.2) is 4.99 Å². The average Bonchev–Trinajstić information content (AvgIpc) is 2.51. The predicted octanol–water partition coefficient (Wildman–Crippen LogP) is 1.30. The minimum absolute atomic E-state index is 0.113.